The van der Waals surface area contributed by atoms with E-state index in [-0.39, 0.29) is 18.1 Å². The largest absolute Gasteiger partial charge is 0.446 e. The van der Waals surface area contributed by atoms with Crippen molar-refractivity contribution in [1.82, 2.24) is 9.80 Å². The van der Waals surface area contributed by atoms with Crippen LogP contribution < -0.4 is 0 Å². The minimum absolute atomic E-state index is 0.121. The van der Waals surface area contributed by atoms with Crippen molar-refractivity contribution in [2.45, 2.75) is 53.6 Å². The smallest absolute Gasteiger partial charge is 0.409 e. The quantitative estimate of drug-likeness (QED) is 0.682. The van der Waals surface area contributed by atoms with Crippen molar-refractivity contribution in [2.24, 2.45) is 0 Å². The molecule has 5 nitrogen and oxygen atoms in total. The monoisotopic (exact) mass is 272 g/mol. The molecular weight excluding hydrogens is 244 g/mol. The highest BCUT2D eigenvalue weighted by Crippen LogP contribution is 2.07. The van der Waals surface area contributed by atoms with Crippen LogP contribution in [0.1, 0.15) is 47.5 Å². The normalized spacial score (nSPS) is 11.8. The fourth-order valence-electron chi connectivity index (χ4n) is 1.85. The summed E-state index contributed by atoms with van der Waals surface area (Å²) in [4.78, 5) is 27.0. The zero-order valence-electron chi connectivity index (χ0n) is 12.9. The van der Waals surface area contributed by atoms with Crippen LogP contribution in [0.15, 0.2) is 0 Å². The van der Waals surface area contributed by atoms with E-state index >= 15 is 0 Å². The van der Waals surface area contributed by atoms with Gasteiger partial charge in [0.1, 0.15) is 6.10 Å². The molecule has 0 spiro atoms. The lowest BCUT2D eigenvalue weighted by Crippen LogP contribution is -2.34. The lowest BCUT2D eigenvalue weighted by atomic mass is 10.2. The second-order valence-corrected chi connectivity index (χ2v) is 4.47. The molecule has 0 aromatic heterocycles. The molecule has 0 aromatic carbocycles. The molecule has 0 fully saturated rings. The van der Waals surface area contributed by atoms with E-state index in [2.05, 4.69) is 0 Å². The number of amides is 2. The van der Waals surface area contributed by atoms with Crippen LogP contribution in [0.3, 0.4) is 0 Å². The highest BCUT2D eigenvalue weighted by atomic mass is 16.6. The highest BCUT2D eigenvalue weighted by Gasteiger charge is 2.17. The molecule has 0 aliphatic heterocycles. The van der Waals surface area contributed by atoms with Crippen molar-refractivity contribution < 1.29 is 14.3 Å². The molecule has 1 unspecified atom stereocenters. The molecule has 112 valence electrons. The summed E-state index contributed by atoms with van der Waals surface area (Å²) in [7, 11) is 0. The zero-order valence-corrected chi connectivity index (χ0v) is 12.9. The summed E-state index contributed by atoms with van der Waals surface area (Å²) < 4.78 is 5.31. The van der Waals surface area contributed by atoms with Gasteiger partial charge in [-0.1, -0.05) is 0 Å². The lowest BCUT2D eigenvalue weighted by molar-refractivity contribution is -0.131. The molecule has 1 atom stereocenters. The van der Waals surface area contributed by atoms with Gasteiger partial charge in [-0.15, -0.1) is 0 Å². The van der Waals surface area contributed by atoms with Gasteiger partial charge in [-0.3, -0.25) is 4.79 Å². The first-order valence-electron chi connectivity index (χ1n) is 7.23. The predicted octanol–water partition coefficient (Wildman–Crippen LogP) is 2.50. The topological polar surface area (TPSA) is 49.9 Å². The van der Waals surface area contributed by atoms with E-state index in [1.165, 1.54) is 0 Å². The third kappa shape index (κ3) is 6.45. The first kappa shape index (κ1) is 17.7. The molecule has 5 heteroatoms. The van der Waals surface area contributed by atoms with Gasteiger partial charge in [0.05, 0.1) is 0 Å². The second-order valence-electron chi connectivity index (χ2n) is 4.47. The molecule has 0 aromatic rings. The van der Waals surface area contributed by atoms with Crippen molar-refractivity contribution in [3.05, 3.63) is 0 Å². The summed E-state index contributed by atoms with van der Waals surface area (Å²) in [6, 6.07) is 0. The zero-order chi connectivity index (χ0) is 14.8. The van der Waals surface area contributed by atoms with E-state index in [1.807, 2.05) is 34.6 Å². The molecular formula is C14H28N2O3. The first-order chi connectivity index (χ1) is 8.99. The number of rotatable bonds is 8. The number of nitrogens with zero attached hydrogens (tertiary/aromatic N) is 2. The van der Waals surface area contributed by atoms with Crippen molar-refractivity contribution in [3.8, 4) is 0 Å². The first-order valence-corrected chi connectivity index (χ1v) is 7.23. The van der Waals surface area contributed by atoms with Gasteiger partial charge < -0.3 is 14.5 Å². The number of ether oxygens (including phenoxy) is 1. The minimum Gasteiger partial charge on any atom is -0.446 e. The Morgan fingerprint density at radius 2 is 1.42 bits per heavy atom. The molecule has 0 aliphatic carbocycles. The number of carbonyl (C=O) groups is 2. The Kier molecular flexibility index (Phi) is 9.00. The van der Waals surface area contributed by atoms with Gasteiger partial charge >= 0.3 is 6.09 Å². The van der Waals surface area contributed by atoms with Crippen molar-refractivity contribution in [2.75, 3.05) is 26.2 Å². The van der Waals surface area contributed by atoms with E-state index in [0.717, 1.165) is 13.1 Å². The summed E-state index contributed by atoms with van der Waals surface area (Å²) in [6.45, 7) is 12.3. The fourth-order valence-corrected chi connectivity index (χ4v) is 1.85. The van der Waals surface area contributed by atoms with Crippen LogP contribution in [0, 0.1) is 0 Å². The summed E-state index contributed by atoms with van der Waals surface area (Å²) in [5, 5.41) is 0. The van der Waals surface area contributed by atoms with E-state index < -0.39 is 0 Å². The van der Waals surface area contributed by atoms with E-state index in [0.29, 0.717) is 25.9 Å². The van der Waals surface area contributed by atoms with E-state index in [4.69, 9.17) is 4.74 Å². The number of hydrogen-bond acceptors (Lipinski definition) is 3. The van der Waals surface area contributed by atoms with Gasteiger partial charge in [-0.2, -0.15) is 0 Å². The molecule has 0 N–H and O–H groups in total. The molecule has 19 heavy (non-hydrogen) atoms. The lowest BCUT2D eigenvalue weighted by Gasteiger charge is -2.22. The number of hydrogen-bond donors (Lipinski definition) is 0. The summed E-state index contributed by atoms with van der Waals surface area (Å²) in [5.41, 5.74) is 0. The maximum absolute atomic E-state index is 11.8. The van der Waals surface area contributed by atoms with Crippen molar-refractivity contribution in [3.63, 3.8) is 0 Å². The standard InChI is InChI=1S/C14H28N2O3/c1-6-15(7-2)13(17)11-10-12(5)19-14(18)16(8-3)9-4/h12H,6-11H2,1-5H3. The maximum atomic E-state index is 11.8. The minimum atomic E-state index is -0.298. The third-order valence-electron chi connectivity index (χ3n) is 3.20. The molecule has 0 radical (unpaired) electrons. The number of carbonyl (C=O) groups excluding carboxylic acids is 2. The Morgan fingerprint density at radius 3 is 1.84 bits per heavy atom. The van der Waals surface area contributed by atoms with Crippen LogP contribution in [0.5, 0.6) is 0 Å². The van der Waals surface area contributed by atoms with Crippen LogP contribution >= 0.6 is 0 Å². The van der Waals surface area contributed by atoms with Crippen LogP contribution in [-0.4, -0.2) is 54.1 Å². The van der Waals surface area contributed by atoms with Crippen molar-refractivity contribution in [1.29, 1.82) is 0 Å². The van der Waals surface area contributed by atoms with E-state index in [1.54, 1.807) is 9.80 Å². The SMILES string of the molecule is CCN(CC)C(=O)CCC(C)OC(=O)N(CC)CC. The van der Waals surface area contributed by atoms with Crippen molar-refractivity contribution >= 4 is 12.0 Å². The second kappa shape index (κ2) is 9.64. The Bertz CT molecular complexity index is 274. The van der Waals surface area contributed by atoms with Gasteiger partial charge in [0.15, 0.2) is 0 Å². The highest BCUT2D eigenvalue weighted by molar-refractivity contribution is 5.76. The maximum Gasteiger partial charge on any atom is 0.409 e. The van der Waals surface area contributed by atoms with Gasteiger partial charge in [0, 0.05) is 32.6 Å². The van der Waals surface area contributed by atoms with Crippen LogP contribution in [-0.2, 0) is 9.53 Å². The van der Waals surface area contributed by atoms with Gasteiger partial charge in [0.2, 0.25) is 5.91 Å². The predicted molar refractivity (Wildman–Crippen MR) is 76.0 cm³/mol. The van der Waals surface area contributed by atoms with Crippen LogP contribution in [0.4, 0.5) is 4.79 Å². The average molecular weight is 272 g/mol. The molecule has 0 saturated carbocycles. The Balaban J connectivity index is 4.08. The van der Waals surface area contributed by atoms with Gasteiger partial charge in [-0.25, -0.2) is 4.79 Å². The van der Waals surface area contributed by atoms with Gasteiger partial charge in [-0.05, 0) is 41.0 Å². The van der Waals surface area contributed by atoms with Crippen LogP contribution in [0.2, 0.25) is 0 Å². The third-order valence-corrected chi connectivity index (χ3v) is 3.20. The van der Waals surface area contributed by atoms with E-state index in [9.17, 15) is 9.59 Å². The molecule has 0 aliphatic rings. The Hall–Kier alpha value is -1.26. The fraction of sp³-hybridized carbons (Fsp3) is 0.857. The molecule has 0 rings (SSSR count). The summed E-state index contributed by atoms with van der Waals surface area (Å²) >= 11 is 0. The molecule has 0 bridgehead atoms. The van der Waals surface area contributed by atoms with Crippen LogP contribution in [0.25, 0.3) is 0 Å². The average Bonchev–Trinajstić information content (AvgIpc) is 2.39. The Morgan fingerprint density at radius 1 is 0.947 bits per heavy atom. The Labute approximate surface area is 116 Å². The molecule has 2 amide bonds. The molecule has 0 saturated heterocycles. The van der Waals surface area contributed by atoms with Gasteiger partial charge in [0.25, 0.3) is 0 Å². The molecule has 0 heterocycles. The summed E-state index contributed by atoms with van der Waals surface area (Å²) in [6.07, 6.45) is 0.469. The summed E-state index contributed by atoms with van der Waals surface area (Å²) in [5.74, 6) is 0.121.